The van der Waals surface area contributed by atoms with Crippen molar-refractivity contribution in [3.63, 3.8) is 0 Å². The zero-order valence-electron chi connectivity index (χ0n) is 15.6. The lowest BCUT2D eigenvalue weighted by Gasteiger charge is -2.38. The SMILES string of the molecule is CCN(CC)C(=O)[C@H]1Cc2cc(Br)ccc2CN1C(=O)OC(C)(C)C. The maximum Gasteiger partial charge on any atom is 0.411 e. The van der Waals surface area contributed by atoms with E-state index >= 15 is 0 Å². The van der Waals surface area contributed by atoms with Gasteiger partial charge in [-0.25, -0.2) is 4.79 Å². The Balaban J connectivity index is 2.36. The highest BCUT2D eigenvalue weighted by Crippen LogP contribution is 2.28. The maximum atomic E-state index is 13.0. The van der Waals surface area contributed by atoms with E-state index in [1.165, 1.54) is 0 Å². The molecule has 0 saturated carbocycles. The van der Waals surface area contributed by atoms with E-state index in [9.17, 15) is 9.59 Å². The predicted molar refractivity (Wildman–Crippen MR) is 101 cm³/mol. The topological polar surface area (TPSA) is 49.9 Å². The average molecular weight is 411 g/mol. The summed E-state index contributed by atoms with van der Waals surface area (Å²) in [6, 6.07) is 5.45. The molecule has 6 heteroatoms. The third kappa shape index (κ3) is 4.75. The van der Waals surface area contributed by atoms with Crippen molar-refractivity contribution in [2.75, 3.05) is 13.1 Å². The van der Waals surface area contributed by atoms with Crippen molar-refractivity contribution in [2.24, 2.45) is 0 Å². The number of hydrogen-bond donors (Lipinski definition) is 0. The normalized spacial score (nSPS) is 17.0. The predicted octanol–water partition coefficient (Wildman–Crippen LogP) is 3.98. The van der Waals surface area contributed by atoms with E-state index in [2.05, 4.69) is 15.9 Å². The van der Waals surface area contributed by atoms with Gasteiger partial charge in [0, 0.05) is 24.0 Å². The Labute approximate surface area is 158 Å². The highest BCUT2D eigenvalue weighted by atomic mass is 79.9. The van der Waals surface area contributed by atoms with Gasteiger partial charge in [0.2, 0.25) is 5.91 Å². The van der Waals surface area contributed by atoms with E-state index in [-0.39, 0.29) is 5.91 Å². The van der Waals surface area contributed by atoms with Gasteiger partial charge in [0.05, 0.1) is 6.54 Å². The zero-order valence-corrected chi connectivity index (χ0v) is 17.2. The number of ether oxygens (including phenoxy) is 1. The molecule has 5 nitrogen and oxygen atoms in total. The molecular formula is C19H27BrN2O3. The number of nitrogens with zero attached hydrogens (tertiary/aromatic N) is 2. The number of carbonyl (C=O) groups excluding carboxylic acids is 2. The minimum absolute atomic E-state index is 0.0264. The van der Waals surface area contributed by atoms with E-state index in [1.807, 2.05) is 52.8 Å². The fraction of sp³-hybridized carbons (Fsp3) is 0.579. The first-order chi connectivity index (χ1) is 11.7. The molecule has 0 radical (unpaired) electrons. The quantitative estimate of drug-likeness (QED) is 0.756. The molecule has 1 heterocycles. The summed E-state index contributed by atoms with van der Waals surface area (Å²) in [5.74, 6) is -0.0264. The number of hydrogen-bond acceptors (Lipinski definition) is 3. The summed E-state index contributed by atoms with van der Waals surface area (Å²) in [6.45, 7) is 11.0. The molecule has 138 valence electrons. The van der Waals surface area contributed by atoms with Crippen molar-refractivity contribution < 1.29 is 14.3 Å². The van der Waals surface area contributed by atoms with Gasteiger partial charge in [0.1, 0.15) is 11.6 Å². The molecule has 0 fully saturated rings. The number of halogens is 1. The average Bonchev–Trinajstić information content (AvgIpc) is 2.52. The molecule has 0 aliphatic carbocycles. The summed E-state index contributed by atoms with van der Waals surface area (Å²) < 4.78 is 6.53. The van der Waals surface area contributed by atoms with Gasteiger partial charge in [-0.1, -0.05) is 22.0 Å². The van der Waals surface area contributed by atoms with Crippen molar-refractivity contribution in [2.45, 2.75) is 59.2 Å². The molecule has 0 aromatic heterocycles. The Morgan fingerprint density at radius 2 is 1.88 bits per heavy atom. The van der Waals surface area contributed by atoms with Crippen LogP contribution >= 0.6 is 15.9 Å². The molecule has 0 bridgehead atoms. The molecule has 2 amide bonds. The van der Waals surface area contributed by atoms with Crippen LogP contribution in [0.5, 0.6) is 0 Å². The Morgan fingerprint density at radius 3 is 2.44 bits per heavy atom. The molecule has 1 atom stereocenters. The van der Waals surface area contributed by atoms with E-state index in [1.54, 1.807) is 9.80 Å². The summed E-state index contributed by atoms with van der Waals surface area (Å²) in [5, 5.41) is 0. The Kier molecular flexibility index (Phi) is 6.14. The van der Waals surface area contributed by atoms with Crippen LogP contribution in [0.15, 0.2) is 22.7 Å². The van der Waals surface area contributed by atoms with Gasteiger partial charge in [0.25, 0.3) is 0 Å². The molecule has 1 aromatic carbocycles. The summed E-state index contributed by atoms with van der Waals surface area (Å²) in [5.41, 5.74) is 1.55. The van der Waals surface area contributed by atoms with Crippen LogP contribution in [0.4, 0.5) is 4.79 Å². The molecule has 1 aliphatic rings. The first kappa shape index (κ1) is 19.8. The van der Waals surface area contributed by atoms with Crippen molar-refractivity contribution in [1.29, 1.82) is 0 Å². The molecule has 1 aliphatic heterocycles. The summed E-state index contributed by atoms with van der Waals surface area (Å²) in [4.78, 5) is 29.1. The van der Waals surface area contributed by atoms with Crippen LogP contribution in [-0.4, -0.2) is 46.5 Å². The van der Waals surface area contributed by atoms with Crippen molar-refractivity contribution in [3.05, 3.63) is 33.8 Å². The first-order valence-corrected chi connectivity index (χ1v) is 9.51. The number of rotatable bonds is 3. The van der Waals surface area contributed by atoms with Gasteiger partial charge in [-0.05, 0) is 57.9 Å². The molecule has 0 N–H and O–H groups in total. The Morgan fingerprint density at radius 1 is 1.24 bits per heavy atom. The zero-order chi connectivity index (χ0) is 18.8. The number of fused-ring (bicyclic) bond motifs is 1. The van der Waals surface area contributed by atoms with Crippen molar-refractivity contribution in [1.82, 2.24) is 9.80 Å². The largest absolute Gasteiger partial charge is 0.444 e. The second-order valence-corrected chi connectivity index (χ2v) is 8.17. The van der Waals surface area contributed by atoms with E-state index in [0.29, 0.717) is 26.1 Å². The Bertz CT molecular complexity index is 651. The standard InChI is InChI=1S/C19H27BrN2O3/c1-6-21(7-2)17(23)16-11-14-10-15(20)9-8-13(14)12-22(16)18(24)25-19(3,4)5/h8-10,16H,6-7,11-12H2,1-5H3/t16-/m1/s1. The van der Waals surface area contributed by atoms with Crippen LogP contribution in [0, 0.1) is 0 Å². The molecule has 0 unspecified atom stereocenters. The van der Waals surface area contributed by atoms with E-state index < -0.39 is 17.7 Å². The molecule has 0 spiro atoms. The molecule has 2 rings (SSSR count). The second-order valence-electron chi connectivity index (χ2n) is 7.25. The van der Waals surface area contributed by atoms with E-state index in [0.717, 1.165) is 15.6 Å². The first-order valence-electron chi connectivity index (χ1n) is 8.72. The second kappa shape index (κ2) is 7.77. The van der Waals surface area contributed by atoms with Gasteiger partial charge in [0.15, 0.2) is 0 Å². The third-order valence-corrected chi connectivity index (χ3v) is 4.78. The molecule has 25 heavy (non-hydrogen) atoms. The fourth-order valence-electron chi connectivity index (χ4n) is 3.03. The summed E-state index contributed by atoms with van der Waals surface area (Å²) in [6.07, 6.45) is 0.0650. The van der Waals surface area contributed by atoms with Crippen LogP contribution < -0.4 is 0 Å². The molecule has 0 saturated heterocycles. The highest BCUT2D eigenvalue weighted by molar-refractivity contribution is 9.10. The van der Waals surface area contributed by atoms with E-state index in [4.69, 9.17) is 4.74 Å². The minimum atomic E-state index is -0.597. The van der Waals surface area contributed by atoms with Gasteiger partial charge >= 0.3 is 6.09 Å². The van der Waals surface area contributed by atoms with Crippen LogP contribution in [0.1, 0.15) is 45.7 Å². The van der Waals surface area contributed by atoms with Gasteiger partial charge in [-0.3, -0.25) is 9.69 Å². The van der Waals surface area contributed by atoms with Crippen LogP contribution in [0.3, 0.4) is 0 Å². The maximum absolute atomic E-state index is 13.0. The van der Waals surface area contributed by atoms with Crippen LogP contribution in [0.25, 0.3) is 0 Å². The highest BCUT2D eigenvalue weighted by Gasteiger charge is 2.38. The van der Waals surface area contributed by atoms with Gasteiger partial charge in [-0.2, -0.15) is 0 Å². The lowest BCUT2D eigenvalue weighted by atomic mass is 9.93. The number of benzene rings is 1. The number of likely N-dealkylation sites (N-methyl/N-ethyl adjacent to an activating group) is 1. The van der Waals surface area contributed by atoms with Crippen molar-refractivity contribution in [3.8, 4) is 0 Å². The van der Waals surface area contributed by atoms with Crippen LogP contribution in [-0.2, 0) is 22.5 Å². The lowest BCUT2D eigenvalue weighted by molar-refractivity contribution is -0.137. The molecular weight excluding hydrogens is 384 g/mol. The summed E-state index contributed by atoms with van der Waals surface area (Å²) in [7, 11) is 0. The van der Waals surface area contributed by atoms with Gasteiger partial charge in [-0.15, -0.1) is 0 Å². The third-order valence-electron chi connectivity index (χ3n) is 4.29. The van der Waals surface area contributed by atoms with Gasteiger partial charge < -0.3 is 9.64 Å². The fourth-order valence-corrected chi connectivity index (χ4v) is 3.44. The smallest absolute Gasteiger partial charge is 0.411 e. The van der Waals surface area contributed by atoms with Crippen molar-refractivity contribution >= 4 is 27.9 Å². The van der Waals surface area contributed by atoms with Crippen LogP contribution in [0.2, 0.25) is 0 Å². The monoisotopic (exact) mass is 410 g/mol. The lowest BCUT2D eigenvalue weighted by Crippen LogP contribution is -2.54. The summed E-state index contributed by atoms with van der Waals surface area (Å²) >= 11 is 3.49. The Hall–Kier alpha value is -1.56. The molecule has 1 aromatic rings. The minimum Gasteiger partial charge on any atom is -0.444 e. The number of carbonyl (C=O) groups is 2. The number of amides is 2.